The van der Waals surface area contributed by atoms with Gasteiger partial charge in [-0.15, -0.1) is 0 Å². The summed E-state index contributed by atoms with van der Waals surface area (Å²) in [7, 11) is 3.60. The zero-order chi connectivity index (χ0) is 14.4. The third kappa shape index (κ3) is 4.32. The van der Waals surface area contributed by atoms with E-state index in [0.29, 0.717) is 6.54 Å². The van der Waals surface area contributed by atoms with Crippen molar-refractivity contribution in [1.29, 1.82) is 0 Å². The quantitative estimate of drug-likeness (QED) is 0.579. The van der Waals surface area contributed by atoms with Crippen molar-refractivity contribution < 1.29 is 9.53 Å². The SMILES string of the molecule is COC(=O)C(CNCCN(C)C1CC1)c1ccccc1. The summed E-state index contributed by atoms with van der Waals surface area (Å²) >= 11 is 0. The lowest BCUT2D eigenvalue weighted by Gasteiger charge is -2.18. The Hall–Kier alpha value is -1.39. The van der Waals surface area contributed by atoms with Crippen molar-refractivity contribution in [2.24, 2.45) is 0 Å². The summed E-state index contributed by atoms with van der Waals surface area (Å²) in [4.78, 5) is 14.3. The van der Waals surface area contributed by atoms with E-state index in [1.165, 1.54) is 20.0 Å². The van der Waals surface area contributed by atoms with Gasteiger partial charge in [-0.05, 0) is 25.5 Å². The van der Waals surface area contributed by atoms with Gasteiger partial charge in [-0.25, -0.2) is 0 Å². The summed E-state index contributed by atoms with van der Waals surface area (Å²) in [5, 5.41) is 3.37. The highest BCUT2D eigenvalue weighted by atomic mass is 16.5. The van der Waals surface area contributed by atoms with Crippen LogP contribution in [-0.4, -0.2) is 50.7 Å². The number of carbonyl (C=O) groups excluding carboxylic acids is 1. The Morgan fingerprint density at radius 1 is 1.40 bits per heavy atom. The number of benzene rings is 1. The van der Waals surface area contributed by atoms with E-state index in [-0.39, 0.29) is 11.9 Å². The van der Waals surface area contributed by atoms with Crippen LogP contribution < -0.4 is 5.32 Å². The van der Waals surface area contributed by atoms with Gasteiger partial charge in [0.15, 0.2) is 0 Å². The van der Waals surface area contributed by atoms with Gasteiger partial charge in [-0.3, -0.25) is 4.79 Å². The molecular formula is C16H24N2O2. The number of rotatable bonds is 8. The molecule has 4 heteroatoms. The minimum absolute atomic E-state index is 0.181. The van der Waals surface area contributed by atoms with Crippen LogP contribution in [0.25, 0.3) is 0 Å². The number of hydrogen-bond donors (Lipinski definition) is 1. The Balaban J connectivity index is 1.80. The first-order chi connectivity index (χ1) is 9.72. The molecule has 1 atom stereocenters. The molecule has 2 rings (SSSR count). The summed E-state index contributed by atoms with van der Waals surface area (Å²) in [6, 6.07) is 10.6. The van der Waals surface area contributed by atoms with Crippen molar-refractivity contribution in [2.75, 3.05) is 33.8 Å². The van der Waals surface area contributed by atoms with Crippen molar-refractivity contribution in [3.63, 3.8) is 0 Å². The van der Waals surface area contributed by atoms with Gasteiger partial charge in [0.25, 0.3) is 0 Å². The number of nitrogens with zero attached hydrogens (tertiary/aromatic N) is 1. The summed E-state index contributed by atoms with van der Waals surface area (Å²) in [6.45, 7) is 2.54. The maximum absolute atomic E-state index is 11.9. The van der Waals surface area contributed by atoms with Gasteiger partial charge in [-0.2, -0.15) is 0 Å². The first-order valence-corrected chi connectivity index (χ1v) is 7.26. The van der Waals surface area contributed by atoms with Crippen LogP contribution in [0.5, 0.6) is 0 Å². The molecule has 0 aliphatic heterocycles. The van der Waals surface area contributed by atoms with Crippen LogP contribution in [0.4, 0.5) is 0 Å². The lowest BCUT2D eigenvalue weighted by Crippen LogP contribution is -2.34. The predicted octanol–water partition coefficient (Wildman–Crippen LogP) is 1.63. The molecule has 110 valence electrons. The Morgan fingerprint density at radius 3 is 2.70 bits per heavy atom. The number of ether oxygens (including phenoxy) is 1. The van der Waals surface area contributed by atoms with Gasteiger partial charge < -0.3 is 15.0 Å². The third-order valence-electron chi connectivity index (χ3n) is 3.85. The van der Waals surface area contributed by atoms with Gasteiger partial charge in [0, 0.05) is 25.7 Å². The topological polar surface area (TPSA) is 41.6 Å². The molecule has 1 fully saturated rings. The molecule has 1 saturated carbocycles. The predicted molar refractivity (Wildman–Crippen MR) is 79.7 cm³/mol. The van der Waals surface area contributed by atoms with E-state index in [4.69, 9.17) is 4.74 Å². The lowest BCUT2D eigenvalue weighted by atomic mass is 9.99. The normalized spacial score (nSPS) is 16.1. The minimum Gasteiger partial charge on any atom is -0.469 e. The smallest absolute Gasteiger partial charge is 0.314 e. The molecule has 1 aromatic carbocycles. The maximum Gasteiger partial charge on any atom is 0.314 e. The number of hydrogen-bond acceptors (Lipinski definition) is 4. The molecular weight excluding hydrogens is 252 g/mol. The average molecular weight is 276 g/mol. The van der Waals surface area contributed by atoms with E-state index < -0.39 is 0 Å². The van der Waals surface area contributed by atoms with Crippen LogP contribution in [0.15, 0.2) is 30.3 Å². The van der Waals surface area contributed by atoms with Crippen LogP contribution in [-0.2, 0) is 9.53 Å². The first kappa shape index (κ1) is 15.0. The first-order valence-electron chi connectivity index (χ1n) is 7.26. The van der Waals surface area contributed by atoms with Gasteiger partial charge >= 0.3 is 5.97 Å². The second-order valence-electron chi connectivity index (χ2n) is 5.40. The number of esters is 1. The van der Waals surface area contributed by atoms with Crippen LogP contribution in [0.2, 0.25) is 0 Å². The molecule has 0 saturated heterocycles. The van der Waals surface area contributed by atoms with E-state index in [1.807, 2.05) is 30.3 Å². The fraction of sp³-hybridized carbons (Fsp3) is 0.562. The van der Waals surface area contributed by atoms with Crippen molar-refractivity contribution >= 4 is 5.97 Å². The molecule has 0 spiro atoms. The number of methoxy groups -OCH3 is 1. The fourth-order valence-corrected chi connectivity index (χ4v) is 2.36. The zero-order valence-corrected chi connectivity index (χ0v) is 12.3. The number of carbonyl (C=O) groups is 1. The van der Waals surface area contributed by atoms with Crippen LogP contribution in [0, 0.1) is 0 Å². The molecule has 1 aliphatic carbocycles. The maximum atomic E-state index is 11.9. The van der Waals surface area contributed by atoms with Gasteiger partial charge in [0.05, 0.1) is 13.0 Å². The largest absolute Gasteiger partial charge is 0.469 e. The molecule has 4 nitrogen and oxygen atoms in total. The second kappa shape index (κ2) is 7.41. The standard InChI is InChI=1S/C16H24N2O2/c1-18(14-8-9-14)11-10-17-12-15(16(19)20-2)13-6-4-3-5-7-13/h3-7,14-15,17H,8-12H2,1-2H3. The molecule has 0 bridgehead atoms. The summed E-state index contributed by atoms with van der Waals surface area (Å²) in [5.74, 6) is -0.410. The molecule has 1 unspecified atom stereocenters. The number of likely N-dealkylation sites (N-methyl/N-ethyl adjacent to an activating group) is 1. The van der Waals surface area contributed by atoms with Crippen LogP contribution in [0.1, 0.15) is 24.3 Å². The van der Waals surface area contributed by atoms with E-state index in [2.05, 4.69) is 17.3 Å². The number of nitrogens with one attached hydrogen (secondary N) is 1. The molecule has 0 amide bonds. The summed E-state index contributed by atoms with van der Waals surface area (Å²) in [6.07, 6.45) is 2.65. The highest BCUT2D eigenvalue weighted by molar-refractivity contribution is 5.78. The second-order valence-corrected chi connectivity index (χ2v) is 5.40. The Bertz CT molecular complexity index is 418. The highest BCUT2D eigenvalue weighted by Crippen LogP contribution is 2.24. The molecule has 0 radical (unpaired) electrons. The zero-order valence-electron chi connectivity index (χ0n) is 12.3. The highest BCUT2D eigenvalue weighted by Gasteiger charge is 2.25. The average Bonchev–Trinajstić information content (AvgIpc) is 3.32. The Morgan fingerprint density at radius 2 is 2.10 bits per heavy atom. The molecule has 0 heterocycles. The van der Waals surface area contributed by atoms with E-state index in [0.717, 1.165) is 24.7 Å². The van der Waals surface area contributed by atoms with Gasteiger partial charge in [0.1, 0.15) is 0 Å². The molecule has 0 aromatic heterocycles. The van der Waals surface area contributed by atoms with Gasteiger partial charge in [-0.1, -0.05) is 30.3 Å². The monoisotopic (exact) mass is 276 g/mol. The van der Waals surface area contributed by atoms with Crippen LogP contribution in [0.3, 0.4) is 0 Å². The van der Waals surface area contributed by atoms with Crippen LogP contribution >= 0.6 is 0 Å². The minimum atomic E-state index is -0.229. The van der Waals surface area contributed by atoms with Crippen molar-refractivity contribution in [3.8, 4) is 0 Å². The lowest BCUT2D eigenvalue weighted by molar-refractivity contribution is -0.142. The summed E-state index contributed by atoms with van der Waals surface area (Å²) < 4.78 is 4.90. The van der Waals surface area contributed by atoms with E-state index >= 15 is 0 Å². The van der Waals surface area contributed by atoms with E-state index in [1.54, 1.807) is 0 Å². The van der Waals surface area contributed by atoms with Crippen molar-refractivity contribution in [2.45, 2.75) is 24.8 Å². The van der Waals surface area contributed by atoms with Crippen molar-refractivity contribution in [1.82, 2.24) is 10.2 Å². The molecule has 1 N–H and O–H groups in total. The molecule has 1 aromatic rings. The fourth-order valence-electron chi connectivity index (χ4n) is 2.36. The van der Waals surface area contributed by atoms with E-state index in [9.17, 15) is 4.79 Å². The molecule has 1 aliphatic rings. The summed E-state index contributed by atoms with van der Waals surface area (Å²) in [5.41, 5.74) is 1.00. The van der Waals surface area contributed by atoms with Gasteiger partial charge in [0.2, 0.25) is 0 Å². The third-order valence-corrected chi connectivity index (χ3v) is 3.85. The molecule has 20 heavy (non-hydrogen) atoms. The Kier molecular flexibility index (Phi) is 5.56. The Labute approximate surface area is 121 Å². The van der Waals surface area contributed by atoms with Crippen molar-refractivity contribution in [3.05, 3.63) is 35.9 Å².